The van der Waals surface area contributed by atoms with Crippen LogP contribution in [-0.4, -0.2) is 51.1 Å². The maximum Gasteiger partial charge on any atom is 0.269 e. The fourth-order valence-corrected chi connectivity index (χ4v) is 4.27. The van der Waals surface area contributed by atoms with Crippen LogP contribution in [0.4, 0.5) is 5.69 Å². The maximum atomic E-state index is 12.9. The largest absolute Gasteiger partial charge is 0.379 e. The molecule has 1 unspecified atom stereocenters. The number of nitrogens with zero attached hydrogens (tertiary/aromatic N) is 2. The summed E-state index contributed by atoms with van der Waals surface area (Å²) in [6.45, 7) is 5.20. The molecule has 8 nitrogen and oxygen atoms in total. The van der Waals surface area contributed by atoms with E-state index >= 15 is 0 Å². The van der Waals surface area contributed by atoms with Crippen LogP contribution < -0.4 is 4.72 Å². The summed E-state index contributed by atoms with van der Waals surface area (Å²) in [6, 6.07) is 12.2. The van der Waals surface area contributed by atoms with Gasteiger partial charge in [0, 0.05) is 31.8 Å². The number of sulfonamides is 1. The van der Waals surface area contributed by atoms with Gasteiger partial charge in [-0.05, 0) is 24.6 Å². The number of nitrogens with one attached hydrogen (secondary N) is 1. The second-order valence-electron chi connectivity index (χ2n) is 6.75. The Hall–Kier alpha value is -2.04. The van der Waals surface area contributed by atoms with Crippen LogP contribution >= 0.6 is 12.4 Å². The molecule has 1 aliphatic rings. The Labute approximate surface area is 176 Å². The molecule has 2 aromatic rings. The fraction of sp³-hybridized carbons (Fsp3) is 0.368. The summed E-state index contributed by atoms with van der Waals surface area (Å²) < 4.78 is 33.9. The van der Waals surface area contributed by atoms with E-state index in [1.807, 2.05) is 31.2 Å². The predicted octanol–water partition coefficient (Wildman–Crippen LogP) is 2.68. The molecular formula is C19H24ClN3O5S. The van der Waals surface area contributed by atoms with Crippen LogP contribution in [0.1, 0.15) is 17.2 Å². The zero-order chi connectivity index (χ0) is 20.1. The molecule has 0 aliphatic carbocycles. The zero-order valence-electron chi connectivity index (χ0n) is 16.0. The van der Waals surface area contributed by atoms with E-state index in [1.165, 1.54) is 24.3 Å². The van der Waals surface area contributed by atoms with Crippen molar-refractivity contribution in [2.75, 3.05) is 32.8 Å². The Balaban J connectivity index is 0.00000300. The van der Waals surface area contributed by atoms with Gasteiger partial charge >= 0.3 is 0 Å². The van der Waals surface area contributed by atoms with E-state index in [2.05, 4.69) is 9.62 Å². The van der Waals surface area contributed by atoms with Crippen molar-refractivity contribution in [3.63, 3.8) is 0 Å². The number of aryl methyl sites for hydroxylation is 1. The van der Waals surface area contributed by atoms with Gasteiger partial charge in [0.1, 0.15) is 0 Å². The van der Waals surface area contributed by atoms with E-state index in [1.54, 1.807) is 0 Å². The van der Waals surface area contributed by atoms with Crippen molar-refractivity contribution in [2.24, 2.45) is 0 Å². The van der Waals surface area contributed by atoms with E-state index in [0.29, 0.717) is 19.8 Å². The number of benzene rings is 2. The van der Waals surface area contributed by atoms with Crippen molar-refractivity contribution in [3.8, 4) is 0 Å². The van der Waals surface area contributed by atoms with Crippen LogP contribution in [-0.2, 0) is 14.8 Å². The smallest absolute Gasteiger partial charge is 0.269 e. The SMILES string of the molecule is Cc1ccc(C(CN2CCOCC2)NS(=O)(=O)c2ccc([N+](=O)[O-])cc2)cc1.Cl. The van der Waals surface area contributed by atoms with Gasteiger partial charge < -0.3 is 4.74 Å². The summed E-state index contributed by atoms with van der Waals surface area (Å²) in [6.07, 6.45) is 0. The van der Waals surface area contributed by atoms with E-state index in [9.17, 15) is 18.5 Å². The van der Waals surface area contributed by atoms with Crippen LogP contribution in [0.15, 0.2) is 53.4 Å². The number of rotatable bonds is 7. The van der Waals surface area contributed by atoms with E-state index in [0.717, 1.165) is 24.2 Å². The number of ether oxygens (including phenoxy) is 1. The first-order valence-corrected chi connectivity index (χ1v) is 10.5. The number of non-ortho nitro benzene ring substituents is 1. The Bertz CT molecular complexity index is 914. The van der Waals surface area contributed by atoms with Crippen LogP contribution in [0.2, 0.25) is 0 Å². The molecule has 29 heavy (non-hydrogen) atoms. The minimum atomic E-state index is -3.84. The van der Waals surface area contributed by atoms with Crippen molar-refractivity contribution in [2.45, 2.75) is 17.9 Å². The molecule has 0 spiro atoms. The number of hydrogen-bond acceptors (Lipinski definition) is 6. The number of nitro groups is 1. The second kappa shape index (κ2) is 10.1. The third kappa shape index (κ3) is 6.22. The van der Waals surface area contributed by atoms with E-state index < -0.39 is 21.0 Å². The van der Waals surface area contributed by atoms with Gasteiger partial charge in [-0.2, -0.15) is 0 Å². The molecule has 3 rings (SSSR count). The first-order chi connectivity index (χ1) is 13.3. The number of halogens is 1. The van der Waals surface area contributed by atoms with Gasteiger partial charge in [-0.15, -0.1) is 12.4 Å². The second-order valence-corrected chi connectivity index (χ2v) is 8.46. The van der Waals surface area contributed by atoms with Crippen molar-refractivity contribution >= 4 is 28.1 Å². The van der Waals surface area contributed by atoms with Crippen molar-refractivity contribution in [1.29, 1.82) is 0 Å². The molecule has 1 saturated heterocycles. The molecule has 1 fully saturated rings. The third-order valence-corrected chi connectivity index (χ3v) is 6.17. The molecule has 0 saturated carbocycles. The molecule has 0 amide bonds. The highest BCUT2D eigenvalue weighted by Gasteiger charge is 2.25. The van der Waals surface area contributed by atoms with Gasteiger partial charge in [-0.1, -0.05) is 29.8 Å². The lowest BCUT2D eigenvalue weighted by Crippen LogP contribution is -2.43. The van der Waals surface area contributed by atoms with Crippen molar-refractivity contribution in [3.05, 3.63) is 69.8 Å². The minimum Gasteiger partial charge on any atom is -0.379 e. The fourth-order valence-electron chi connectivity index (χ4n) is 3.05. The molecule has 1 aliphatic heterocycles. The van der Waals surface area contributed by atoms with E-state index in [4.69, 9.17) is 4.74 Å². The lowest BCUT2D eigenvalue weighted by Gasteiger charge is -2.31. The molecule has 10 heteroatoms. The first-order valence-electron chi connectivity index (χ1n) is 8.98. The average molecular weight is 442 g/mol. The normalized spacial score (nSPS) is 16.0. The maximum absolute atomic E-state index is 12.9. The Kier molecular flexibility index (Phi) is 8.12. The molecule has 158 valence electrons. The summed E-state index contributed by atoms with van der Waals surface area (Å²) in [7, 11) is -3.84. The van der Waals surface area contributed by atoms with Crippen molar-refractivity contribution < 1.29 is 18.1 Å². The topological polar surface area (TPSA) is 102 Å². The van der Waals surface area contributed by atoms with Gasteiger partial charge in [0.2, 0.25) is 10.0 Å². The average Bonchev–Trinajstić information content (AvgIpc) is 2.69. The quantitative estimate of drug-likeness (QED) is 0.523. The minimum absolute atomic E-state index is 0. The van der Waals surface area contributed by atoms with Gasteiger partial charge in [0.05, 0.1) is 29.1 Å². The first kappa shape index (κ1) is 23.2. The molecule has 0 bridgehead atoms. The lowest BCUT2D eigenvalue weighted by atomic mass is 10.1. The number of nitro benzene ring substituents is 1. The van der Waals surface area contributed by atoms with Gasteiger partial charge in [-0.3, -0.25) is 15.0 Å². The highest BCUT2D eigenvalue weighted by atomic mass is 35.5. The number of morpholine rings is 1. The van der Waals surface area contributed by atoms with Gasteiger partial charge in [-0.25, -0.2) is 13.1 Å². The Morgan fingerprint density at radius 2 is 1.69 bits per heavy atom. The molecule has 1 atom stereocenters. The van der Waals surface area contributed by atoms with Crippen LogP contribution in [0, 0.1) is 17.0 Å². The van der Waals surface area contributed by atoms with Gasteiger partial charge in [0.15, 0.2) is 0 Å². The van der Waals surface area contributed by atoms with Gasteiger partial charge in [0.25, 0.3) is 5.69 Å². The summed E-state index contributed by atoms with van der Waals surface area (Å²) in [5, 5.41) is 10.8. The summed E-state index contributed by atoms with van der Waals surface area (Å²) >= 11 is 0. The molecule has 1 N–H and O–H groups in total. The summed E-state index contributed by atoms with van der Waals surface area (Å²) in [5.74, 6) is 0. The zero-order valence-corrected chi connectivity index (χ0v) is 17.6. The van der Waals surface area contributed by atoms with E-state index in [-0.39, 0.29) is 23.0 Å². The molecule has 0 radical (unpaired) electrons. The molecule has 2 aromatic carbocycles. The molecular weight excluding hydrogens is 418 g/mol. The Morgan fingerprint density at radius 1 is 1.10 bits per heavy atom. The summed E-state index contributed by atoms with van der Waals surface area (Å²) in [5.41, 5.74) is 1.80. The van der Waals surface area contributed by atoms with Crippen molar-refractivity contribution in [1.82, 2.24) is 9.62 Å². The van der Waals surface area contributed by atoms with Crippen LogP contribution in [0.5, 0.6) is 0 Å². The highest BCUT2D eigenvalue weighted by molar-refractivity contribution is 7.89. The third-order valence-electron chi connectivity index (χ3n) is 4.68. The highest BCUT2D eigenvalue weighted by Crippen LogP contribution is 2.21. The van der Waals surface area contributed by atoms with Crippen LogP contribution in [0.3, 0.4) is 0 Å². The standard InChI is InChI=1S/C19H23N3O5S.ClH/c1-15-2-4-16(5-3-15)19(14-21-10-12-27-13-11-21)20-28(25,26)18-8-6-17(7-9-18)22(23)24;/h2-9,19-20H,10-14H2,1H3;1H. The monoisotopic (exact) mass is 441 g/mol. The number of hydrogen-bond donors (Lipinski definition) is 1. The lowest BCUT2D eigenvalue weighted by molar-refractivity contribution is -0.384. The molecule has 0 aromatic heterocycles. The molecule has 1 heterocycles. The Morgan fingerprint density at radius 3 is 2.24 bits per heavy atom. The van der Waals surface area contributed by atoms with Crippen LogP contribution in [0.25, 0.3) is 0 Å². The predicted molar refractivity (Wildman–Crippen MR) is 112 cm³/mol. The summed E-state index contributed by atoms with van der Waals surface area (Å²) in [4.78, 5) is 12.4.